The Kier molecular flexibility index (Phi) is 4.66. The van der Waals surface area contributed by atoms with Crippen LogP contribution in [0.25, 0.3) is 0 Å². The molecule has 1 aromatic rings. The van der Waals surface area contributed by atoms with E-state index in [1.54, 1.807) is 24.3 Å². The van der Waals surface area contributed by atoms with E-state index < -0.39 is 18.6 Å². The van der Waals surface area contributed by atoms with Crippen molar-refractivity contribution in [3.05, 3.63) is 29.8 Å². The minimum absolute atomic E-state index is 0.116. The van der Waals surface area contributed by atoms with E-state index in [2.05, 4.69) is 10.1 Å². The number of aliphatic hydroxyl groups excluding tert-OH is 1. The summed E-state index contributed by atoms with van der Waals surface area (Å²) in [4.78, 5) is 22.7. The van der Waals surface area contributed by atoms with Crippen LogP contribution in [0.4, 0.5) is 5.69 Å². The number of hydrogen-bond donors (Lipinski definition) is 2. The van der Waals surface area contributed by atoms with Gasteiger partial charge >= 0.3 is 5.97 Å². The number of rotatable bonds is 5. The van der Waals surface area contributed by atoms with Gasteiger partial charge in [0, 0.05) is 11.3 Å². The van der Waals surface area contributed by atoms with Crippen LogP contribution in [0.15, 0.2) is 24.3 Å². The number of esters is 1. The summed E-state index contributed by atoms with van der Waals surface area (Å²) in [6.07, 6.45) is 0. The summed E-state index contributed by atoms with van der Waals surface area (Å²) in [6.45, 7) is 1.03. The summed E-state index contributed by atoms with van der Waals surface area (Å²) in [7, 11) is 1.24. The van der Waals surface area contributed by atoms with Gasteiger partial charge in [0.2, 0.25) is 0 Å². The quantitative estimate of drug-likeness (QED) is 0.586. The van der Waals surface area contributed by atoms with Crippen LogP contribution in [0.1, 0.15) is 17.3 Å². The maximum atomic E-state index is 11.4. The third kappa shape index (κ3) is 3.29. The van der Waals surface area contributed by atoms with Gasteiger partial charge in [0.05, 0.1) is 13.7 Å². The second-order valence-corrected chi connectivity index (χ2v) is 3.50. The van der Waals surface area contributed by atoms with Gasteiger partial charge in [-0.05, 0) is 19.1 Å². The molecule has 92 valence electrons. The summed E-state index contributed by atoms with van der Waals surface area (Å²) in [6, 6.07) is 5.91. The molecule has 0 heterocycles. The number of ether oxygens (including phenoxy) is 1. The van der Waals surface area contributed by atoms with Crippen LogP contribution in [-0.4, -0.2) is 36.6 Å². The van der Waals surface area contributed by atoms with E-state index >= 15 is 0 Å². The number of nitrogens with one attached hydrogen (secondary N) is 1. The first-order valence-electron chi connectivity index (χ1n) is 5.15. The molecule has 1 atom stereocenters. The number of aliphatic hydroxyl groups is 1. The molecule has 0 aliphatic carbocycles. The molecule has 5 nitrogen and oxygen atoms in total. The molecule has 1 aromatic carbocycles. The maximum absolute atomic E-state index is 11.4. The van der Waals surface area contributed by atoms with E-state index in [0.717, 1.165) is 0 Å². The number of benzene rings is 1. The highest BCUT2D eigenvalue weighted by Crippen LogP contribution is 2.16. The smallest absolute Gasteiger partial charge is 0.330 e. The molecule has 0 saturated carbocycles. The van der Waals surface area contributed by atoms with Gasteiger partial charge in [-0.2, -0.15) is 0 Å². The van der Waals surface area contributed by atoms with E-state index in [0.29, 0.717) is 11.3 Å². The average Bonchev–Trinajstić information content (AvgIpc) is 2.35. The van der Waals surface area contributed by atoms with Crippen molar-refractivity contribution in [1.29, 1.82) is 0 Å². The molecule has 0 aromatic heterocycles. The molecule has 0 bridgehead atoms. The number of para-hydroxylation sites is 1. The summed E-state index contributed by atoms with van der Waals surface area (Å²) >= 11 is 0. The Labute approximate surface area is 99.4 Å². The monoisotopic (exact) mass is 237 g/mol. The second-order valence-electron chi connectivity index (χ2n) is 3.50. The highest BCUT2D eigenvalue weighted by atomic mass is 16.5. The third-order valence-electron chi connectivity index (χ3n) is 2.30. The zero-order valence-corrected chi connectivity index (χ0v) is 9.77. The molecule has 0 saturated heterocycles. The minimum Gasteiger partial charge on any atom is -0.467 e. The molecule has 2 N–H and O–H groups in total. The van der Waals surface area contributed by atoms with E-state index in [1.165, 1.54) is 14.0 Å². The van der Waals surface area contributed by atoms with E-state index in [9.17, 15) is 9.59 Å². The number of Topliss-reactive ketones (excluding diaryl/α,β-unsaturated/α-hetero) is 1. The van der Waals surface area contributed by atoms with Crippen molar-refractivity contribution in [2.75, 3.05) is 19.0 Å². The number of ketones is 1. The summed E-state index contributed by atoms with van der Waals surface area (Å²) in [5.74, 6) is -0.694. The summed E-state index contributed by atoms with van der Waals surface area (Å²) in [5, 5.41) is 11.9. The molecular formula is C12H15NO4. The van der Waals surface area contributed by atoms with Crippen molar-refractivity contribution in [2.45, 2.75) is 13.0 Å². The van der Waals surface area contributed by atoms with Crippen LogP contribution in [0.3, 0.4) is 0 Å². The Balaban J connectivity index is 2.93. The number of carbonyl (C=O) groups excluding carboxylic acids is 2. The lowest BCUT2D eigenvalue weighted by atomic mass is 10.1. The van der Waals surface area contributed by atoms with Crippen molar-refractivity contribution < 1.29 is 19.4 Å². The largest absolute Gasteiger partial charge is 0.467 e. The SMILES string of the molecule is COC(=O)C(CO)Nc1ccccc1C(C)=O. The topological polar surface area (TPSA) is 75.6 Å². The van der Waals surface area contributed by atoms with E-state index in [4.69, 9.17) is 5.11 Å². The molecular weight excluding hydrogens is 222 g/mol. The Morgan fingerprint density at radius 3 is 2.59 bits per heavy atom. The lowest BCUT2D eigenvalue weighted by molar-refractivity contribution is -0.142. The number of anilines is 1. The van der Waals surface area contributed by atoms with Crippen molar-refractivity contribution >= 4 is 17.4 Å². The molecule has 0 aliphatic heterocycles. The normalized spacial score (nSPS) is 11.7. The molecule has 0 fully saturated rings. The van der Waals surface area contributed by atoms with Crippen molar-refractivity contribution in [3.63, 3.8) is 0 Å². The second kappa shape index (κ2) is 6.00. The van der Waals surface area contributed by atoms with Gasteiger partial charge in [0.1, 0.15) is 6.04 Å². The predicted molar refractivity (Wildman–Crippen MR) is 63.0 cm³/mol. The zero-order chi connectivity index (χ0) is 12.8. The fraction of sp³-hybridized carbons (Fsp3) is 0.333. The fourth-order valence-corrected chi connectivity index (χ4v) is 1.43. The van der Waals surface area contributed by atoms with E-state index in [1.807, 2.05) is 0 Å². The maximum Gasteiger partial charge on any atom is 0.330 e. The number of hydrogen-bond acceptors (Lipinski definition) is 5. The minimum atomic E-state index is -0.875. The fourth-order valence-electron chi connectivity index (χ4n) is 1.43. The van der Waals surface area contributed by atoms with Gasteiger partial charge in [-0.15, -0.1) is 0 Å². The molecule has 1 rings (SSSR count). The van der Waals surface area contributed by atoms with Crippen LogP contribution in [0.5, 0.6) is 0 Å². The van der Waals surface area contributed by atoms with Crippen LogP contribution < -0.4 is 5.32 Å². The summed E-state index contributed by atoms with van der Waals surface area (Å²) < 4.78 is 4.53. The van der Waals surface area contributed by atoms with Crippen LogP contribution in [0.2, 0.25) is 0 Å². The Morgan fingerprint density at radius 2 is 2.06 bits per heavy atom. The Hall–Kier alpha value is -1.88. The predicted octanol–water partition coefficient (Wildman–Crippen LogP) is 0.835. The first-order valence-corrected chi connectivity index (χ1v) is 5.15. The average molecular weight is 237 g/mol. The van der Waals surface area contributed by atoms with Crippen LogP contribution in [-0.2, 0) is 9.53 Å². The van der Waals surface area contributed by atoms with Crippen molar-refractivity contribution in [3.8, 4) is 0 Å². The lowest BCUT2D eigenvalue weighted by Gasteiger charge is -2.16. The van der Waals surface area contributed by atoms with Crippen molar-refractivity contribution in [2.24, 2.45) is 0 Å². The number of methoxy groups -OCH3 is 1. The van der Waals surface area contributed by atoms with Crippen LogP contribution >= 0.6 is 0 Å². The highest BCUT2D eigenvalue weighted by Gasteiger charge is 2.19. The molecule has 0 amide bonds. The van der Waals surface area contributed by atoms with Gasteiger partial charge in [-0.25, -0.2) is 4.79 Å². The summed E-state index contributed by atoms with van der Waals surface area (Å²) in [5.41, 5.74) is 0.972. The highest BCUT2D eigenvalue weighted by molar-refractivity contribution is 6.00. The molecule has 5 heteroatoms. The van der Waals surface area contributed by atoms with Crippen molar-refractivity contribution in [1.82, 2.24) is 0 Å². The molecule has 0 radical (unpaired) electrons. The van der Waals surface area contributed by atoms with Gasteiger partial charge in [-0.3, -0.25) is 4.79 Å². The standard InChI is InChI=1S/C12H15NO4/c1-8(15)9-5-3-4-6-10(9)13-11(7-14)12(16)17-2/h3-6,11,13-14H,7H2,1-2H3. The Bertz CT molecular complexity index is 417. The molecule has 1 unspecified atom stereocenters. The van der Waals surface area contributed by atoms with Gasteiger partial charge < -0.3 is 15.2 Å². The molecule has 17 heavy (non-hydrogen) atoms. The lowest BCUT2D eigenvalue weighted by Crippen LogP contribution is -2.34. The Morgan fingerprint density at radius 1 is 1.41 bits per heavy atom. The van der Waals surface area contributed by atoms with Gasteiger partial charge in [0.15, 0.2) is 5.78 Å². The van der Waals surface area contributed by atoms with E-state index in [-0.39, 0.29) is 5.78 Å². The molecule has 0 spiro atoms. The van der Waals surface area contributed by atoms with Gasteiger partial charge in [-0.1, -0.05) is 12.1 Å². The zero-order valence-electron chi connectivity index (χ0n) is 9.77. The molecule has 0 aliphatic rings. The third-order valence-corrected chi connectivity index (χ3v) is 2.30. The number of carbonyl (C=O) groups is 2. The first-order chi connectivity index (χ1) is 8.10. The van der Waals surface area contributed by atoms with Crippen LogP contribution in [0, 0.1) is 0 Å². The first kappa shape index (κ1) is 13.2. The van der Waals surface area contributed by atoms with Gasteiger partial charge in [0.25, 0.3) is 0 Å².